The van der Waals surface area contributed by atoms with Crippen molar-refractivity contribution in [2.24, 2.45) is 0 Å². The summed E-state index contributed by atoms with van der Waals surface area (Å²) >= 11 is 0. The molecule has 0 bridgehead atoms. The lowest BCUT2D eigenvalue weighted by Crippen LogP contribution is -2.18. The average Bonchev–Trinajstić information content (AvgIpc) is 2.59. The summed E-state index contributed by atoms with van der Waals surface area (Å²) in [6.07, 6.45) is -1.46. The van der Waals surface area contributed by atoms with Crippen molar-refractivity contribution in [2.75, 3.05) is 13.2 Å². The normalized spacial score (nSPS) is 16.4. The van der Waals surface area contributed by atoms with E-state index in [0.29, 0.717) is 26.6 Å². The van der Waals surface area contributed by atoms with Crippen LogP contribution in [0.1, 0.15) is 30.6 Å². The van der Waals surface area contributed by atoms with E-state index in [1.165, 1.54) is 0 Å². The molecule has 1 aliphatic heterocycles. The number of alkyl halides is 2. The van der Waals surface area contributed by atoms with Crippen LogP contribution in [0.5, 0.6) is 11.5 Å². The number of aliphatic carboxylic acids is 1. The molecule has 1 unspecified atom stereocenters. The van der Waals surface area contributed by atoms with Gasteiger partial charge in [0.05, 0.1) is 13.2 Å². The van der Waals surface area contributed by atoms with E-state index in [1.54, 1.807) is 0 Å². The van der Waals surface area contributed by atoms with Crippen molar-refractivity contribution in [3.05, 3.63) is 23.3 Å². The first-order valence-corrected chi connectivity index (χ1v) is 6.03. The second-order valence-corrected chi connectivity index (χ2v) is 4.57. The molecule has 1 aromatic rings. The molecule has 20 heavy (non-hydrogen) atoms. The summed E-state index contributed by atoms with van der Waals surface area (Å²) in [6, 6.07) is 2.13. The predicted molar refractivity (Wildman–Crippen MR) is 64.2 cm³/mol. The molecular weight excluding hydrogens is 274 g/mol. The van der Waals surface area contributed by atoms with Gasteiger partial charge in [-0.05, 0) is 12.1 Å². The van der Waals surface area contributed by atoms with E-state index in [4.69, 9.17) is 14.6 Å². The third-order valence-electron chi connectivity index (χ3n) is 2.92. The molecule has 1 atom stereocenters. The van der Waals surface area contributed by atoms with E-state index in [9.17, 15) is 18.7 Å². The molecular formula is C13H14F2O5. The number of hydrogen-bond donors (Lipinski definition) is 2. The van der Waals surface area contributed by atoms with Crippen LogP contribution < -0.4 is 9.47 Å². The van der Waals surface area contributed by atoms with Crippen LogP contribution in [-0.2, 0) is 10.7 Å². The Labute approximate surface area is 113 Å². The molecule has 2 N–H and O–H groups in total. The van der Waals surface area contributed by atoms with Gasteiger partial charge in [0.25, 0.3) is 5.92 Å². The summed E-state index contributed by atoms with van der Waals surface area (Å²) in [7, 11) is 0. The summed E-state index contributed by atoms with van der Waals surface area (Å²) in [5.41, 5.74) is -0.981. The Morgan fingerprint density at radius 2 is 1.85 bits per heavy atom. The Kier molecular flexibility index (Phi) is 3.80. The summed E-state index contributed by atoms with van der Waals surface area (Å²) in [5, 5.41) is 18.4. The first-order chi connectivity index (χ1) is 9.30. The van der Waals surface area contributed by atoms with E-state index in [0.717, 1.165) is 12.1 Å². The Morgan fingerprint density at radius 3 is 2.35 bits per heavy atom. The number of carbonyl (C=O) groups is 1. The zero-order chi connectivity index (χ0) is 14.9. The zero-order valence-electron chi connectivity index (χ0n) is 10.7. The van der Waals surface area contributed by atoms with E-state index < -0.39 is 29.1 Å². The van der Waals surface area contributed by atoms with Crippen LogP contribution in [0.25, 0.3) is 0 Å². The van der Waals surface area contributed by atoms with Gasteiger partial charge in [-0.2, -0.15) is 0 Å². The number of hydrogen-bond acceptors (Lipinski definition) is 4. The van der Waals surface area contributed by atoms with Crippen molar-refractivity contribution in [1.29, 1.82) is 0 Å². The second kappa shape index (κ2) is 5.24. The first kappa shape index (κ1) is 14.5. The molecule has 0 amide bonds. The van der Waals surface area contributed by atoms with Crippen molar-refractivity contribution in [2.45, 2.75) is 25.4 Å². The fourth-order valence-electron chi connectivity index (χ4n) is 1.96. The Bertz CT molecular complexity index is 524. The Morgan fingerprint density at radius 1 is 1.30 bits per heavy atom. The van der Waals surface area contributed by atoms with Gasteiger partial charge in [0.2, 0.25) is 0 Å². The molecule has 0 aromatic heterocycles. The van der Waals surface area contributed by atoms with Crippen molar-refractivity contribution in [3.8, 4) is 11.5 Å². The SMILES string of the molecule is CC(F)(F)c1cc2c(cc1C(O)C(=O)O)OCCCO2. The summed E-state index contributed by atoms with van der Waals surface area (Å²) < 4.78 is 37.8. The molecule has 1 heterocycles. The smallest absolute Gasteiger partial charge is 0.337 e. The van der Waals surface area contributed by atoms with E-state index >= 15 is 0 Å². The molecule has 0 saturated carbocycles. The predicted octanol–water partition coefficient (Wildman–Crippen LogP) is 2.08. The quantitative estimate of drug-likeness (QED) is 0.890. The van der Waals surface area contributed by atoms with Gasteiger partial charge < -0.3 is 19.7 Å². The van der Waals surface area contributed by atoms with Gasteiger partial charge in [-0.25, -0.2) is 13.6 Å². The number of carboxylic acid groups (broad SMARTS) is 1. The van der Waals surface area contributed by atoms with Crippen LogP contribution in [0.15, 0.2) is 12.1 Å². The maximum absolute atomic E-state index is 13.6. The molecule has 0 spiro atoms. The lowest BCUT2D eigenvalue weighted by Gasteiger charge is -2.20. The van der Waals surface area contributed by atoms with Crippen LogP contribution in [-0.4, -0.2) is 29.4 Å². The molecule has 7 heteroatoms. The lowest BCUT2D eigenvalue weighted by atomic mass is 9.97. The molecule has 1 aromatic carbocycles. The molecule has 0 aliphatic carbocycles. The van der Waals surface area contributed by atoms with Crippen LogP contribution in [0.3, 0.4) is 0 Å². The third kappa shape index (κ3) is 2.82. The van der Waals surface area contributed by atoms with Gasteiger partial charge >= 0.3 is 5.97 Å². The van der Waals surface area contributed by atoms with Gasteiger partial charge in [-0.1, -0.05) is 0 Å². The zero-order valence-corrected chi connectivity index (χ0v) is 10.7. The van der Waals surface area contributed by atoms with Crippen molar-refractivity contribution >= 4 is 5.97 Å². The summed E-state index contributed by atoms with van der Waals surface area (Å²) in [5.74, 6) is -4.63. The molecule has 110 valence electrons. The molecule has 0 radical (unpaired) electrons. The van der Waals surface area contributed by atoms with Crippen LogP contribution in [0, 0.1) is 0 Å². The molecule has 1 aliphatic rings. The Balaban J connectivity index is 2.58. The molecule has 5 nitrogen and oxygen atoms in total. The van der Waals surface area contributed by atoms with Crippen molar-refractivity contribution < 1.29 is 33.3 Å². The van der Waals surface area contributed by atoms with Gasteiger partial charge in [-0.3, -0.25) is 0 Å². The number of aliphatic hydroxyl groups is 1. The highest BCUT2D eigenvalue weighted by Gasteiger charge is 2.34. The first-order valence-electron chi connectivity index (χ1n) is 6.03. The molecule has 0 saturated heterocycles. The minimum atomic E-state index is -3.31. The fourth-order valence-corrected chi connectivity index (χ4v) is 1.96. The highest BCUT2D eigenvalue weighted by Crippen LogP contribution is 2.41. The van der Waals surface area contributed by atoms with Gasteiger partial charge in [-0.15, -0.1) is 0 Å². The van der Waals surface area contributed by atoms with Gasteiger partial charge in [0, 0.05) is 24.5 Å². The number of benzene rings is 1. The minimum Gasteiger partial charge on any atom is -0.490 e. The van der Waals surface area contributed by atoms with Gasteiger partial charge in [0.1, 0.15) is 0 Å². The van der Waals surface area contributed by atoms with E-state index in [2.05, 4.69) is 0 Å². The van der Waals surface area contributed by atoms with Crippen LogP contribution in [0.2, 0.25) is 0 Å². The number of fused-ring (bicyclic) bond motifs is 1. The van der Waals surface area contributed by atoms with Crippen molar-refractivity contribution in [3.63, 3.8) is 0 Å². The topological polar surface area (TPSA) is 76.0 Å². The Hall–Kier alpha value is -1.89. The maximum atomic E-state index is 13.6. The summed E-state index contributed by atoms with van der Waals surface area (Å²) in [6.45, 7) is 1.28. The molecule has 2 rings (SSSR count). The maximum Gasteiger partial charge on any atom is 0.337 e. The van der Waals surface area contributed by atoms with E-state index in [1.807, 2.05) is 0 Å². The number of aliphatic hydroxyl groups excluding tert-OH is 1. The van der Waals surface area contributed by atoms with E-state index in [-0.39, 0.29) is 11.5 Å². The average molecular weight is 288 g/mol. The van der Waals surface area contributed by atoms with Crippen molar-refractivity contribution in [1.82, 2.24) is 0 Å². The van der Waals surface area contributed by atoms with Gasteiger partial charge in [0.15, 0.2) is 17.6 Å². The minimum absolute atomic E-state index is 0.125. The second-order valence-electron chi connectivity index (χ2n) is 4.57. The summed E-state index contributed by atoms with van der Waals surface area (Å²) in [4.78, 5) is 10.8. The number of rotatable bonds is 3. The van der Waals surface area contributed by atoms with Crippen LogP contribution in [0.4, 0.5) is 8.78 Å². The standard InChI is InChI=1S/C13H14F2O5/c1-13(14,15)8-6-10-9(19-3-2-4-20-10)5-7(8)11(16)12(17)18/h5-6,11,16H,2-4H2,1H3,(H,17,18). The van der Waals surface area contributed by atoms with Crippen LogP contribution >= 0.6 is 0 Å². The largest absolute Gasteiger partial charge is 0.490 e. The monoisotopic (exact) mass is 288 g/mol. The number of ether oxygens (including phenoxy) is 2. The third-order valence-corrected chi connectivity index (χ3v) is 2.92. The number of halogens is 2. The highest BCUT2D eigenvalue weighted by atomic mass is 19.3. The highest BCUT2D eigenvalue weighted by molar-refractivity contribution is 5.75. The lowest BCUT2D eigenvalue weighted by molar-refractivity contribution is -0.147. The number of carboxylic acids is 1. The molecule has 0 fully saturated rings. The fraction of sp³-hybridized carbons (Fsp3) is 0.462.